The number of hydrogen-bond acceptors (Lipinski definition) is 4. The van der Waals surface area contributed by atoms with E-state index >= 15 is 0 Å². The molecule has 3 saturated heterocycles. The quantitative estimate of drug-likeness (QED) is 0.805. The summed E-state index contributed by atoms with van der Waals surface area (Å²) < 4.78 is 25.0. The Bertz CT molecular complexity index is 671. The van der Waals surface area contributed by atoms with Gasteiger partial charge in [-0.3, -0.25) is 4.79 Å². The summed E-state index contributed by atoms with van der Waals surface area (Å²) in [6.45, 7) is 5.88. The van der Waals surface area contributed by atoms with E-state index in [1.165, 1.54) is 12.1 Å². The van der Waals surface area contributed by atoms with Gasteiger partial charge in [0, 0.05) is 44.2 Å². The average Bonchev–Trinajstić information content (AvgIpc) is 3.04. The zero-order valence-corrected chi connectivity index (χ0v) is 16.0. The number of hydrogen-bond donors (Lipinski definition) is 0. The SMILES string of the molecule is Cc1cc(F)ccc1C(=O)N1CC2(CC(OCC3CCOCC3)CS2)C1. The molecule has 0 aromatic heterocycles. The Labute approximate surface area is 158 Å². The summed E-state index contributed by atoms with van der Waals surface area (Å²) >= 11 is 1.95. The standard InChI is InChI=1S/C20H26FNO3S/c1-14-8-16(21)2-3-18(14)19(23)22-12-20(13-22)9-17(11-26-20)25-10-15-4-6-24-7-5-15/h2-3,8,15,17H,4-7,9-13H2,1H3. The Balaban J connectivity index is 1.26. The number of nitrogens with zero attached hydrogens (tertiary/aromatic N) is 1. The molecule has 1 aromatic rings. The fraction of sp³-hybridized carbons (Fsp3) is 0.650. The van der Waals surface area contributed by atoms with Gasteiger partial charge in [0.05, 0.1) is 10.9 Å². The number of carbonyl (C=O) groups excluding carboxylic acids is 1. The summed E-state index contributed by atoms with van der Waals surface area (Å²) in [5.74, 6) is 1.36. The largest absolute Gasteiger partial charge is 0.381 e. The van der Waals surface area contributed by atoms with E-state index in [2.05, 4.69) is 0 Å². The molecule has 4 rings (SSSR count). The molecule has 26 heavy (non-hydrogen) atoms. The first kappa shape index (κ1) is 18.3. The van der Waals surface area contributed by atoms with Crippen LogP contribution in [-0.4, -0.2) is 60.3 Å². The van der Waals surface area contributed by atoms with Gasteiger partial charge in [-0.2, -0.15) is 0 Å². The minimum Gasteiger partial charge on any atom is -0.381 e. The second-order valence-electron chi connectivity index (χ2n) is 7.83. The van der Waals surface area contributed by atoms with E-state index in [1.54, 1.807) is 13.0 Å². The van der Waals surface area contributed by atoms with Gasteiger partial charge in [0.2, 0.25) is 0 Å². The first-order valence-corrected chi connectivity index (χ1v) is 10.4. The number of thioether (sulfide) groups is 1. The van der Waals surface area contributed by atoms with Crippen molar-refractivity contribution in [3.05, 3.63) is 35.1 Å². The number of aryl methyl sites for hydroxylation is 1. The minimum absolute atomic E-state index is 0.0142. The maximum Gasteiger partial charge on any atom is 0.254 e. The van der Waals surface area contributed by atoms with Crippen LogP contribution >= 0.6 is 11.8 Å². The second-order valence-corrected chi connectivity index (χ2v) is 9.32. The minimum atomic E-state index is -0.296. The monoisotopic (exact) mass is 379 g/mol. The third kappa shape index (κ3) is 3.78. The molecule has 1 atom stereocenters. The summed E-state index contributed by atoms with van der Waals surface area (Å²) in [7, 11) is 0. The molecule has 1 unspecified atom stereocenters. The third-order valence-corrected chi connectivity index (χ3v) is 7.32. The molecule has 142 valence electrons. The maximum atomic E-state index is 13.2. The lowest BCUT2D eigenvalue weighted by molar-refractivity contribution is -0.0118. The van der Waals surface area contributed by atoms with Gasteiger partial charge in [-0.05, 0) is 55.9 Å². The van der Waals surface area contributed by atoms with Crippen LogP contribution in [0.2, 0.25) is 0 Å². The van der Waals surface area contributed by atoms with E-state index < -0.39 is 0 Å². The Morgan fingerprint density at radius 2 is 2.15 bits per heavy atom. The van der Waals surface area contributed by atoms with Crippen LogP contribution in [0.4, 0.5) is 4.39 Å². The zero-order chi connectivity index (χ0) is 18.1. The number of amides is 1. The molecule has 3 heterocycles. The van der Waals surface area contributed by atoms with Crippen molar-refractivity contribution in [3.8, 4) is 0 Å². The first-order chi connectivity index (χ1) is 12.5. The van der Waals surface area contributed by atoms with E-state index in [-0.39, 0.29) is 16.5 Å². The highest BCUT2D eigenvalue weighted by molar-refractivity contribution is 8.01. The van der Waals surface area contributed by atoms with Crippen LogP contribution in [0.25, 0.3) is 0 Å². The summed E-state index contributed by atoms with van der Waals surface area (Å²) in [6, 6.07) is 4.38. The predicted molar refractivity (Wildman–Crippen MR) is 100 cm³/mol. The molecule has 3 fully saturated rings. The summed E-state index contributed by atoms with van der Waals surface area (Å²) in [4.78, 5) is 14.5. The van der Waals surface area contributed by atoms with Crippen molar-refractivity contribution in [2.45, 2.75) is 37.0 Å². The van der Waals surface area contributed by atoms with E-state index in [0.29, 0.717) is 23.1 Å². The van der Waals surface area contributed by atoms with E-state index in [4.69, 9.17) is 9.47 Å². The van der Waals surface area contributed by atoms with Crippen molar-refractivity contribution in [2.75, 3.05) is 38.7 Å². The van der Waals surface area contributed by atoms with Gasteiger partial charge >= 0.3 is 0 Å². The zero-order valence-electron chi connectivity index (χ0n) is 15.2. The molecule has 0 bridgehead atoms. The number of ether oxygens (including phenoxy) is 2. The lowest BCUT2D eigenvalue weighted by atomic mass is 9.91. The van der Waals surface area contributed by atoms with Gasteiger partial charge in [0.25, 0.3) is 5.91 Å². The van der Waals surface area contributed by atoms with Gasteiger partial charge in [0.1, 0.15) is 5.82 Å². The fourth-order valence-electron chi connectivity index (χ4n) is 4.15. The van der Waals surface area contributed by atoms with Crippen molar-refractivity contribution >= 4 is 17.7 Å². The Morgan fingerprint density at radius 1 is 1.38 bits per heavy atom. The van der Waals surface area contributed by atoms with Crippen molar-refractivity contribution < 1.29 is 18.7 Å². The van der Waals surface area contributed by atoms with Crippen molar-refractivity contribution in [2.24, 2.45) is 5.92 Å². The number of rotatable bonds is 4. The van der Waals surface area contributed by atoms with Crippen molar-refractivity contribution in [1.29, 1.82) is 0 Å². The molecule has 6 heteroatoms. The van der Waals surface area contributed by atoms with Crippen LogP contribution in [0, 0.1) is 18.7 Å². The molecule has 1 amide bonds. The lowest BCUT2D eigenvalue weighted by Gasteiger charge is -2.47. The molecular weight excluding hydrogens is 353 g/mol. The van der Waals surface area contributed by atoms with Gasteiger partial charge in [0.15, 0.2) is 0 Å². The molecule has 1 aromatic carbocycles. The first-order valence-electron chi connectivity index (χ1n) is 9.43. The molecule has 0 N–H and O–H groups in total. The smallest absolute Gasteiger partial charge is 0.254 e. The van der Waals surface area contributed by atoms with Crippen LogP contribution in [0.15, 0.2) is 18.2 Å². The third-order valence-electron chi connectivity index (χ3n) is 5.75. The highest BCUT2D eigenvalue weighted by Crippen LogP contribution is 2.46. The van der Waals surface area contributed by atoms with Crippen molar-refractivity contribution in [3.63, 3.8) is 0 Å². The number of halogens is 1. The highest BCUT2D eigenvalue weighted by atomic mass is 32.2. The molecule has 3 aliphatic rings. The van der Waals surface area contributed by atoms with E-state index in [1.807, 2.05) is 16.7 Å². The Hall–Kier alpha value is -1.11. The van der Waals surface area contributed by atoms with Crippen molar-refractivity contribution in [1.82, 2.24) is 4.90 Å². The molecule has 0 aliphatic carbocycles. The van der Waals surface area contributed by atoms with Crippen LogP contribution in [0.5, 0.6) is 0 Å². The summed E-state index contributed by atoms with van der Waals surface area (Å²) in [5, 5.41) is 0. The topological polar surface area (TPSA) is 38.8 Å². The molecule has 1 spiro atoms. The number of benzene rings is 1. The second kappa shape index (κ2) is 7.49. The van der Waals surface area contributed by atoms with Crippen LogP contribution in [0.3, 0.4) is 0 Å². The van der Waals surface area contributed by atoms with Gasteiger partial charge in [-0.25, -0.2) is 4.39 Å². The fourth-order valence-corrected chi connectivity index (χ4v) is 5.70. The molecule has 3 aliphatic heterocycles. The average molecular weight is 379 g/mol. The molecular formula is C20H26FNO3S. The number of carbonyl (C=O) groups is 1. The van der Waals surface area contributed by atoms with Crippen LogP contribution in [-0.2, 0) is 9.47 Å². The normalized spacial score (nSPS) is 25.5. The van der Waals surface area contributed by atoms with E-state index in [9.17, 15) is 9.18 Å². The van der Waals surface area contributed by atoms with Crippen LogP contribution in [0.1, 0.15) is 35.2 Å². The number of likely N-dealkylation sites (tertiary alicyclic amines) is 1. The summed E-state index contributed by atoms with van der Waals surface area (Å²) in [5.41, 5.74) is 1.31. The molecule has 4 nitrogen and oxygen atoms in total. The molecule has 0 saturated carbocycles. The maximum absolute atomic E-state index is 13.2. The Morgan fingerprint density at radius 3 is 2.88 bits per heavy atom. The summed E-state index contributed by atoms with van der Waals surface area (Å²) in [6.07, 6.45) is 3.52. The Kier molecular flexibility index (Phi) is 5.26. The van der Waals surface area contributed by atoms with Crippen LogP contribution < -0.4 is 0 Å². The van der Waals surface area contributed by atoms with Gasteiger partial charge in [-0.15, -0.1) is 11.8 Å². The highest BCUT2D eigenvalue weighted by Gasteiger charge is 2.51. The molecule has 0 radical (unpaired) electrons. The lowest BCUT2D eigenvalue weighted by Crippen LogP contribution is -2.60. The van der Waals surface area contributed by atoms with Gasteiger partial charge in [-0.1, -0.05) is 0 Å². The van der Waals surface area contributed by atoms with E-state index in [0.717, 1.165) is 57.9 Å². The van der Waals surface area contributed by atoms with Gasteiger partial charge < -0.3 is 14.4 Å². The predicted octanol–water partition coefficient (Wildman–Crippen LogP) is 3.28.